The lowest BCUT2D eigenvalue weighted by molar-refractivity contribution is -0.0921. The van der Waals surface area contributed by atoms with E-state index in [1.54, 1.807) is 0 Å². The molecule has 0 saturated carbocycles. The molecule has 2 aliphatic rings. The maximum atomic E-state index is 13.1. The van der Waals surface area contributed by atoms with Crippen LogP contribution in [0.25, 0.3) is 0 Å². The number of amidine groups is 1. The maximum Gasteiger partial charge on any atom is 0.415 e. The van der Waals surface area contributed by atoms with Crippen LogP contribution in [0.4, 0.5) is 13.2 Å². The number of sulfone groups is 1. The topological polar surface area (TPSA) is 120 Å². The van der Waals surface area contributed by atoms with Gasteiger partial charge in [-0.2, -0.15) is 13.2 Å². The molecule has 0 bridgehead atoms. The van der Waals surface area contributed by atoms with Crippen molar-refractivity contribution in [3.05, 3.63) is 46.7 Å². The van der Waals surface area contributed by atoms with Gasteiger partial charge < -0.3 is 21.5 Å². The molecule has 0 fully saturated rings. The predicted octanol–water partition coefficient (Wildman–Crippen LogP) is 0.927. The van der Waals surface area contributed by atoms with Gasteiger partial charge in [0.25, 0.3) is 0 Å². The van der Waals surface area contributed by atoms with Crippen LogP contribution >= 0.6 is 0 Å². The fourth-order valence-electron chi connectivity index (χ4n) is 3.04. The first kappa shape index (κ1) is 19.2. The average Bonchev–Trinajstić information content (AvgIpc) is 2.97. The number of benzene rings is 1. The number of nitrogens with zero attached hydrogens (tertiary/aromatic N) is 1. The van der Waals surface area contributed by atoms with Gasteiger partial charge in [-0.1, -0.05) is 0 Å². The molecule has 1 aromatic rings. The van der Waals surface area contributed by atoms with Gasteiger partial charge >= 0.3 is 6.18 Å². The molecule has 27 heavy (non-hydrogen) atoms. The minimum absolute atomic E-state index is 0.0117. The summed E-state index contributed by atoms with van der Waals surface area (Å²) < 4.78 is 68.1. The summed E-state index contributed by atoms with van der Waals surface area (Å²) in [7, 11) is -2.17. The lowest BCUT2D eigenvalue weighted by Crippen LogP contribution is -2.55. The number of alkyl halides is 3. The molecular formula is C16H17F3N4O3S. The maximum absolute atomic E-state index is 13.1. The molecule has 0 spiro atoms. The van der Waals surface area contributed by atoms with E-state index in [0.717, 1.165) is 6.26 Å². The van der Waals surface area contributed by atoms with Crippen LogP contribution in [0.15, 0.2) is 51.0 Å². The highest BCUT2D eigenvalue weighted by molar-refractivity contribution is 7.90. The third kappa shape index (κ3) is 3.28. The minimum atomic E-state index is -4.57. The standard InChI is InChI=1S/C16H17F3N4O3S/c1-26-12-5-8(27(2,24)25)3-4-9(12)15(21)6-11(20)13-10(16(17,18)19)7-22-14(13)23-15/h3-6H,7,20-21H2,1-2H3,(H,22,23). The number of rotatable bonds is 3. The van der Waals surface area contributed by atoms with E-state index in [1.165, 1.54) is 31.4 Å². The first-order valence-corrected chi connectivity index (χ1v) is 9.55. The largest absolute Gasteiger partial charge is 0.496 e. The highest BCUT2D eigenvalue weighted by Crippen LogP contribution is 2.39. The first-order valence-electron chi connectivity index (χ1n) is 7.66. The van der Waals surface area contributed by atoms with Gasteiger partial charge in [-0.15, -0.1) is 0 Å². The Hall–Kier alpha value is -2.53. The minimum Gasteiger partial charge on any atom is -0.496 e. The van der Waals surface area contributed by atoms with Gasteiger partial charge in [0.1, 0.15) is 17.2 Å². The van der Waals surface area contributed by atoms with Gasteiger partial charge in [0.15, 0.2) is 9.84 Å². The van der Waals surface area contributed by atoms with Crippen LogP contribution in [-0.4, -0.2) is 40.3 Å². The second-order valence-corrected chi connectivity index (χ2v) is 8.26. The highest BCUT2D eigenvalue weighted by Gasteiger charge is 2.45. The lowest BCUT2D eigenvalue weighted by Gasteiger charge is -2.35. The van der Waals surface area contributed by atoms with Crippen molar-refractivity contribution in [1.82, 2.24) is 5.32 Å². The van der Waals surface area contributed by atoms with Crippen molar-refractivity contribution in [3.63, 3.8) is 0 Å². The van der Waals surface area contributed by atoms with Gasteiger partial charge in [-0.3, -0.25) is 4.99 Å². The molecule has 0 radical (unpaired) electrons. The van der Waals surface area contributed by atoms with Gasteiger partial charge in [0.2, 0.25) is 0 Å². The number of ether oxygens (including phenoxy) is 1. The van der Waals surface area contributed by atoms with Crippen molar-refractivity contribution in [3.8, 4) is 5.75 Å². The monoisotopic (exact) mass is 402 g/mol. The molecule has 2 heterocycles. The van der Waals surface area contributed by atoms with Crippen LogP contribution in [0.1, 0.15) is 5.56 Å². The van der Waals surface area contributed by atoms with Crippen LogP contribution in [0, 0.1) is 0 Å². The van der Waals surface area contributed by atoms with E-state index in [2.05, 4.69) is 10.3 Å². The van der Waals surface area contributed by atoms with E-state index in [9.17, 15) is 21.6 Å². The molecule has 1 atom stereocenters. The fourth-order valence-corrected chi connectivity index (χ4v) is 3.68. The summed E-state index contributed by atoms with van der Waals surface area (Å²) in [5.41, 5.74) is 9.73. The summed E-state index contributed by atoms with van der Waals surface area (Å²) in [6, 6.07) is 4.03. The van der Waals surface area contributed by atoms with Crippen LogP contribution in [-0.2, 0) is 15.5 Å². The Morgan fingerprint density at radius 2 is 2.00 bits per heavy atom. The molecular weight excluding hydrogens is 385 g/mol. The third-order valence-corrected chi connectivity index (χ3v) is 5.43. The highest BCUT2D eigenvalue weighted by atomic mass is 32.2. The van der Waals surface area contributed by atoms with Gasteiger partial charge in [0, 0.05) is 23.1 Å². The molecule has 146 valence electrons. The summed E-state index contributed by atoms with van der Waals surface area (Å²) in [5.74, 6) is 0.0677. The van der Waals surface area contributed by atoms with E-state index < -0.39 is 33.8 Å². The van der Waals surface area contributed by atoms with Crippen molar-refractivity contribution < 1.29 is 26.3 Å². The van der Waals surface area contributed by atoms with Crippen molar-refractivity contribution in [1.29, 1.82) is 0 Å². The summed E-state index contributed by atoms with van der Waals surface area (Å²) in [4.78, 5) is 3.87. The number of nitrogens with one attached hydrogen (secondary N) is 1. The Bertz CT molecular complexity index is 1010. The van der Waals surface area contributed by atoms with Crippen molar-refractivity contribution in [2.75, 3.05) is 19.9 Å². The Kier molecular flexibility index (Phi) is 4.27. The number of hydrogen-bond donors (Lipinski definition) is 3. The molecule has 11 heteroatoms. The van der Waals surface area contributed by atoms with Crippen LogP contribution in [0.3, 0.4) is 0 Å². The lowest BCUT2D eigenvalue weighted by atomic mass is 9.91. The van der Waals surface area contributed by atoms with Crippen LogP contribution < -0.4 is 21.5 Å². The van der Waals surface area contributed by atoms with E-state index in [1.807, 2.05) is 0 Å². The third-order valence-electron chi connectivity index (χ3n) is 4.32. The molecule has 0 amide bonds. The first-order chi connectivity index (χ1) is 12.4. The summed E-state index contributed by atoms with van der Waals surface area (Å²) in [6.07, 6.45) is -2.29. The van der Waals surface area contributed by atoms with Gasteiger partial charge in [-0.05, 0) is 24.3 Å². The molecule has 3 rings (SSSR count). The van der Waals surface area contributed by atoms with E-state index in [-0.39, 0.29) is 27.8 Å². The van der Waals surface area contributed by atoms with Gasteiger partial charge in [0.05, 0.1) is 24.1 Å². The zero-order valence-electron chi connectivity index (χ0n) is 14.4. The number of nitrogens with two attached hydrogens (primary N) is 2. The summed E-state index contributed by atoms with van der Waals surface area (Å²) in [5, 5.41) is 2.76. The normalized spacial score (nSPS) is 22.7. The average molecular weight is 402 g/mol. The SMILES string of the molecule is COc1cc(S(C)(=O)=O)ccc1C1(N)C=C(N)C2=C(C(F)(F)F)CN=C2N1. The second-order valence-electron chi connectivity index (χ2n) is 6.24. The molecule has 1 aromatic carbocycles. The quantitative estimate of drug-likeness (QED) is 0.692. The zero-order chi connectivity index (χ0) is 20.2. The summed E-state index contributed by atoms with van der Waals surface area (Å²) >= 11 is 0. The molecule has 0 saturated heterocycles. The number of halogens is 3. The number of aliphatic imine (C=N–C) groups is 1. The Labute approximate surface area is 153 Å². The molecule has 5 N–H and O–H groups in total. The van der Waals surface area contributed by atoms with Crippen molar-refractivity contribution in [2.45, 2.75) is 16.7 Å². The van der Waals surface area contributed by atoms with Crippen molar-refractivity contribution >= 4 is 15.7 Å². The molecule has 0 aromatic heterocycles. The Balaban J connectivity index is 2.13. The van der Waals surface area contributed by atoms with Crippen LogP contribution in [0.5, 0.6) is 5.75 Å². The van der Waals surface area contributed by atoms with E-state index in [4.69, 9.17) is 16.2 Å². The molecule has 2 aliphatic heterocycles. The second kappa shape index (κ2) is 5.99. The smallest absolute Gasteiger partial charge is 0.415 e. The predicted molar refractivity (Wildman–Crippen MR) is 92.8 cm³/mol. The number of fused-ring (bicyclic) bond motifs is 1. The van der Waals surface area contributed by atoms with Crippen LogP contribution in [0.2, 0.25) is 0 Å². The molecule has 1 unspecified atom stereocenters. The van der Waals surface area contributed by atoms with E-state index >= 15 is 0 Å². The summed E-state index contributed by atoms with van der Waals surface area (Å²) in [6.45, 7) is -0.560. The Morgan fingerprint density at radius 3 is 2.56 bits per heavy atom. The van der Waals surface area contributed by atoms with Gasteiger partial charge in [-0.25, -0.2) is 8.42 Å². The number of methoxy groups -OCH3 is 1. The molecule has 7 nitrogen and oxygen atoms in total. The zero-order valence-corrected chi connectivity index (χ0v) is 15.2. The fraction of sp³-hybridized carbons (Fsp3) is 0.312. The molecule has 0 aliphatic carbocycles. The van der Waals surface area contributed by atoms with Crippen molar-refractivity contribution in [2.24, 2.45) is 16.5 Å². The Morgan fingerprint density at radius 1 is 1.33 bits per heavy atom. The van der Waals surface area contributed by atoms with E-state index in [0.29, 0.717) is 5.56 Å². The number of hydrogen-bond acceptors (Lipinski definition) is 7.